The zero-order valence-corrected chi connectivity index (χ0v) is 13.6. The zero-order valence-electron chi connectivity index (χ0n) is 13.6. The Morgan fingerprint density at radius 1 is 0.958 bits per heavy atom. The number of hydrogen-bond acceptors (Lipinski definition) is 2. The molecule has 3 aromatic rings. The molecule has 0 spiro atoms. The summed E-state index contributed by atoms with van der Waals surface area (Å²) in [5.74, 6) is 1.29. The second-order valence-corrected chi connectivity index (χ2v) is 6.64. The molecule has 2 nitrogen and oxygen atoms in total. The van der Waals surface area contributed by atoms with E-state index in [1.807, 2.05) is 30.3 Å². The van der Waals surface area contributed by atoms with Crippen molar-refractivity contribution < 1.29 is 4.42 Å². The van der Waals surface area contributed by atoms with E-state index in [2.05, 4.69) is 30.8 Å². The number of fused-ring (bicyclic) bond motifs is 1. The third-order valence-corrected chi connectivity index (χ3v) is 4.64. The fourth-order valence-corrected chi connectivity index (χ4v) is 3.33. The Morgan fingerprint density at radius 2 is 1.62 bits per heavy atom. The van der Waals surface area contributed by atoms with Gasteiger partial charge in [-0.2, -0.15) is 0 Å². The molecular weight excluding hydrogens is 296 g/mol. The van der Waals surface area contributed by atoms with Crippen LogP contribution in [0.2, 0.25) is 0 Å². The maximum absolute atomic E-state index is 12.3. The lowest BCUT2D eigenvalue weighted by Gasteiger charge is -2.13. The lowest BCUT2D eigenvalue weighted by Crippen LogP contribution is -2.07. The number of rotatable bonds is 5. The SMILES string of the molecule is C=C(Cc1ccccc1)Cc1c(C2CC2)oc(=O)c2ccccc12. The predicted octanol–water partition coefficient (Wildman–Crippen LogP) is 5.01. The van der Waals surface area contributed by atoms with Crippen LogP contribution >= 0.6 is 0 Å². The molecular formula is C22H20O2. The summed E-state index contributed by atoms with van der Waals surface area (Å²) in [5, 5.41) is 1.69. The van der Waals surface area contributed by atoms with Crippen LogP contribution in [0.15, 0.2) is 76.0 Å². The summed E-state index contributed by atoms with van der Waals surface area (Å²) in [4.78, 5) is 12.3. The third kappa shape index (κ3) is 2.92. The monoisotopic (exact) mass is 316 g/mol. The highest BCUT2D eigenvalue weighted by Gasteiger charge is 2.30. The minimum absolute atomic E-state index is 0.218. The van der Waals surface area contributed by atoms with E-state index in [0.29, 0.717) is 11.3 Å². The maximum Gasteiger partial charge on any atom is 0.343 e. The molecule has 0 unspecified atom stereocenters. The fourth-order valence-electron chi connectivity index (χ4n) is 3.33. The molecule has 0 radical (unpaired) electrons. The summed E-state index contributed by atoms with van der Waals surface area (Å²) in [6, 6.07) is 18.1. The fraction of sp³-hybridized carbons (Fsp3) is 0.227. The second kappa shape index (κ2) is 6.12. The standard InChI is InChI=1S/C22H20O2/c1-15(13-16-7-3-2-4-8-16)14-20-18-9-5-6-10-19(18)22(23)24-21(20)17-11-12-17/h2-10,17H,1,11-14H2. The molecule has 0 saturated heterocycles. The minimum atomic E-state index is -0.218. The maximum atomic E-state index is 12.3. The van der Waals surface area contributed by atoms with Gasteiger partial charge in [0.2, 0.25) is 0 Å². The molecule has 0 N–H and O–H groups in total. The normalized spacial score (nSPS) is 14.0. The summed E-state index contributed by atoms with van der Waals surface area (Å²) in [5.41, 5.74) is 3.33. The van der Waals surface area contributed by atoms with E-state index in [1.54, 1.807) is 0 Å². The summed E-state index contributed by atoms with van der Waals surface area (Å²) in [6.07, 6.45) is 3.82. The van der Waals surface area contributed by atoms with E-state index in [4.69, 9.17) is 4.42 Å². The first kappa shape index (κ1) is 14.9. The van der Waals surface area contributed by atoms with Crippen LogP contribution in [0.1, 0.15) is 35.6 Å². The van der Waals surface area contributed by atoms with Crippen LogP contribution in [0.4, 0.5) is 0 Å². The van der Waals surface area contributed by atoms with E-state index >= 15 is 0 Å². The summed E-state index contributed by atoms with van der Waals surface area (Å²) in [7, 11) is 0. The average Bonchev–Trinajstić information content (AvgIpc) is 3.43. The summed E-state index contributed by atoms with van der Waals surface area (Å²) < 4.78 is 5.70. The van der Waals surface area contributed by atoms with E-state index < -0.39 is 0 Å². The molecule has 0 bridgehead atoms. The Balaban J connectivity index is 1.72. The molecule has 2 heteroatoms. The van der Waals surface area contributed by atoms with Gasteiger partial charge in [0.15, 0.2) is 0 Å². The van der Waals surface area contributed by atoms with Gasteiger partial charge in [-0.25, -0.2) is 4.79 Å². The first-order chi connectivity index (χ1) is 11.7. The van der Waals surface area contributed by atoms with Gasteiger partial charge in [-0.3, -0.25) is 0 Å². The van der Waals surface area contributed by atoms with E-state index in [-0.39, 0.29) is 5.63 Å². The zero-order chi connectivity index (χ0) is 16.5. The van der Waals surface area contributed by atoms with Crippen LogP contribution in [0.25, 0.3) is 10.8 Å². The van der Waals surface area contributed by atoms with Crippen LogP contribution in [0.3, 0.4) is 0 Å². The van der Waals surface area contributed by atoms with Crippen LogP contribution in [0.5, 0.6) is 0 Å². The van der Waals surface area contributed by atoms with Crippen molar-refractivity contribution in [3.05, 3.63) is 94.1 Å². The quantitative estimate of drug-likeness (QED) is 0.619. The third-order valence-electron chi connectivity index (χ3n) is 4.64. The van der Waals surface area contributed by atoms with E-state index in [1.165, 1.54) is 5.56 Å². The van der Waals surface area contributed by atoms with Gasteiger partial charge >= 0.3 is 5.63 Å². The first-order valence-corrected chi connectivity index (χ1v) is 8.47. The molecule has 2 aromatic carbocycles. The second-order valence-electron chi connectivity index (χ2n) is 6.64. The van der Waals surface area contributed by atoms with Crippen LogP contribution < -0.4 is 5.63 Å². The lowest BCUT2D eigenvalue weighted by molar-refractivity contribution is 0.462. The van der Waals surface area contributed by atoms with E-state index in [0.717, 1.165) is 48.0 Å². The molecule has 1 aliphatic carbocycles. The van der Waals surface area contributed by atoms with Crippen molar-refractivity contribution in [3.63, 3.8) is 0 Å². The lowest BCUT2D eigenvalue weighted by atomic mass is 9.94. The molecule has 24 heavy (non-hydrogen) atoms. The van der Waals surface area contributed by atoms with Crippen molar-refractivity contribution in [2.24, 2.45) is 0 Å². The van der Waals surface area contributed by atoms with Gasteiger partial charge in [-0.1, -0.05) is 60.7 Å². The van der Waals surface area contributed by atoms with E-state index in [9.17, 15) is 4.79 Å². The van der Waals surface area contributed by atoms with Crippen LogP contribution in [-0.4, -0.2) is 0 Å². The molecule has 4 rings (SSSR count). The van der Waals surface area contributed by atoms with Crippen LogP contribution in [-0.2, 0) is 12.8 Å². The van der Waals surface area contributed by atoms with Gasteiger partial charge in [0.05, 0.1) is 5.39 Å². The average molecular weight is 316 g/mol. The van der Waals surface area contributed by atoms with Gasteiger partial charge in [-0.15, -0.1) is 0 Å². The Morgan fingerprint density at radius 3 is 2.33 bits per heavy atom. The molecule has 1 fully saturated rings. The Hall–Kier alpha value is -2.61. The molecule has 1 heterocycles. The Bertz CT molecular complexity index is 947. The first-order valence-electron chi connectivity index (χ1n) is 8.47. The van der Waals surface area contributed by atoms with Crippen molar-refractivity contribution >= 4 is 10.8 Å². The van der Waals surface area contributed by atoms with Crippen molar-refractivity contribution in [2.45, 2.75) is 31.6 Å². The topological polar surface area (TPSA) is 30.2 Å². The van der Waals surface area contributed by atoms with Crippen LogP contribution in [0, 0.1) is 0 Å². The molecule has 0 atom stereocenters. The Labute approximate surface area is 141 Å². The Kier molecular flexibility index (Phi) is 3.81. The summed E-state index contributed by atoms with van der Waals surface area (Å²) in [6.45, 7) is 4.28. The predicted molar refractivity (Wildman–Crippen MR) is 97.4 cm³/mol. The highest BCUT2D eigenvalue weighted by atomic mass is 16.4. The van der Waals surface area contributed by atoms with Gasteiger partial charge in [0.25, 0.3) is 0 Å². The van der Waals surface area contributed by atoms with Crippen molar-refractivity contribution in [2.75, 3.05) is 0 Å². The molecule has 1 aromatic heterocycles. The minimum Gasteiger partial charge on any atom is -0.427 e. The van der Waals surface area contributed by atoms with Crippen molar-refractivity contribution in [3.8, 4) is 0 Å². The van der Waals surface area contributed by atoms with Crippen molar-refractivity contribution in [1.29, 1.82) is 0 Å². The molecule has 1 aliphatic rings. The molecule has 0 aliphatic heterocycles. The van der Waals surface area contributed by atoms with Crippen molar-refractivity contribution in [1.82, 2.24) is 0 Å². The number of hydrogen-bond donors (Lipinski definition) is 0. The highest BCUT2D eigenvalue weighted by Crippen LogP contribution is 2.43. The molecule has 120 valence electrons. The van der Waals surface area contributed by atoms with Gasteiger partial charge in [-0.05, 0) is 42.7 Å². The van der Waals surface area contributed by atoms with Gasteiger partial charge in [0.1, 0.15) is 5.76 Å². The molecule has 0 amide bonds. The van der Waals surface area contributed by atoms with Gasteiger partial charge in [0, 0.05) is 11.5 Å². The summed E-state index contributed by atoms with van der Waals surface area (Å²) >= 11 is 0. The number of allylic oxidation sites excluding steroid dienone is 1. The largest absolute Gasteiger partial charge is 0.427 e. The number of benzene rings is 2. The van der Waals surface area contributed by atoms with Gasteiger partial charge < -0.3 is 4.42 Å². The highest BCUT2D eigenvalue weighted by molar-refractivity contribution is 5.85. The molecule has 1 saturated carbocycles. The smallest absolute Gasteiger partial charge is 0.343 e.